The Hall–Kier alpha value is -0.790. The zero-order valence-electron chi connectivity index (χ0n) is 5.89. The van der Waals surface area contributed by atoms with Gasteiger partial charge in [-0.25, -0.2) is 0 Å². The zero-order chi connectivity index (χ0) is 7.11. The van der Waals surface area contributed by atoms with Crippen molar-refractivity contribution in [2.45, 2.75) is 26.7 Å². The second kappa shape index (κ2) is 5.35. The molecule has 0 aromatic heterocycles. The van der Waals surface area contributed by atoms with Crippen LogP contribution in [0.25, 0.3) is 0 Å². The SMILES string of the molecule is CCCC(C)=COC=O. The van der Waals surface area contributed by atoms with Crippen LogP contribution in [0.1, 0.15) is 26.7 Å². The number of hydrogen-bond donors (Lipinski definition) is 0. The van der Waals surface area contributed by atoms with Crippen molar-refractivity contribution in [2.75, 3.05) is 0 Å². The summed E-state index contributed by atoms with van der Waals surface area (Å²) in [6.45, 7) is 4.45. The van der Waals surface area contributed by atoms with E-state index in [4.69, 9.17) is 0 Å². The van der Waals surface area contributed by atoms with Crippen molar-refractivity contribution in [1.29, 1.82) is 0 Å². The van der Waals surface area contributed by atoms with Gasteiger partial charge in [-0.2, -0.15) is 0 Å². The molecule has 0 aliphatic rings. The summed E-state index contributed by atoms with van der Waals surface area (Å²) in [5, 5.41) is 0. The molecule has 9 heavy (non-hydrogen) atoms. The molecule has 0 aliphatic heterocycles. The van der Waals surface area contributed by atoms with E-state index in [1.165, 1.54) is 6.26 Å². The first kappa shape index (κ1) is 8.21. The lowest BCUT2D eigenvalue weighted by Gasteiger charge is -1.93. The van der Waals surface area contributed by atoms with Crippen LogP contribution in [0.2, 0.25) is 0 Å². The number of allylic oxidation sites excluding steroid dienone is 1. The van der Waals surface area contributed by atoms with Gasteiger partial charge >= 0.3 is 0 Å². The standard InChI is InChI=1S/C7H12O2/c1-3-4-7(2)5-9-6-8/h5-6H,3-4H2,1-2H3. The van der Waals surface area contributed by atoms with Gasteiger partial charge in [0.1, 0.15) is 0 Å². The third kappa shape index (κ3) is 5.07. The van der Waals surface area contributed by atoms with Crippen LogP contribution >= 0.6 is 0 Å². The van der Waals surface area contributed by atoms with Crippen molar-refractivity contribution < 1.29 is 9.53 Å². The molecule has 0 saturated carbocycles. The van der Waals surface area contributed by atoms with Gasteiger partial charge < -0.3 is 4.74 Å². The summed E-state index contributed by atoms with van der Waals surface area (Å²) in [6.07, 6.45) is 3.56. The average Bonchev–Trinajstić information content (AvgIpc) is 1.85. The first-order valence-corrected chi connectivity index (χ1v) is 3.06. The van der Waals surface area contributed by atoms with Gasteiger partial charge in [0.25, 0.3) is 6.47 Å². The van der Waals surface area contributed by atoms with Gasteiger partial charge in [-0.05, 0) is 18.9 Å². The van der Waals surface area contributed by atoms with Crippen LogP contribution in [-0.4, -0.2) is 6.47 Å². The fourth-order valence-corrected chi connectivity index (χ4v) is 0.597. The molecule has 2 heteroatoms. The fraction of sp³-hybridized carbons (Fsp3) is 0.571. The molecule has 0 amide bonds. The van der Waals surface area contributed by atoms with Crippen LogP contribution in [0.4, 0.5) is 0 Å². The summed E-state index contributed by atoms with van der Waals surface area (Å²) in [4.78, 5) is 9.65. The first-order valence-electron chi connectivity index (χ1n) is 3.06. The van der Waals surface area contributed by atoms with Crippen molar-refractivity contribution in [2.24, 2.45) is 0 Å². The van der Waals surface area contributed by atoms with Gasteiger partial charge in [0.2, 0.25) is 0 Å². The molecule has 2 nitrogen and oxygen atoms in total. The molecule has 0 spiro atoms. The highest BCUT2D eigenvalue weighted by atomic mass is 16.5. The van der Waals surface area contributed by atoms with Crippen LogP contribution in [0.3, 0.4) is 0 Å². The number of ether oxygens (including phenoxy) is 1. The summed E-state index contributed by atoms with van der Waals surface area (Å²) in [5.74, 6) is 0. The predicted octanol–water partition coefficient (Wildman–Crippen LogP) is 1.86. The Morgan fingerprint density at radius 3 is 2.78 bits per heavy atom. The van der Waals surface area contributed by atoms with Crippen molar-refractivity contribution in [3.8, 4) is 0 Å². The monoisotopic (exact) mass is 128 g/mol. The van der Waals surface area contributed by atoms with E-state index in [0.717, 1.165) is 18.4 Å². The Labute approximate surface area is 55.5 Å². The summed E-state index contributed by atoms with van der Waals surface area (Å²) in [6, 6.07) is 0. The Bertz CT molecular complexity index is 105. The van der Waals surface area contributed by atoms with Crippen LogP contribution in [0.15, 0.2) is 11.8 Å². The van der Waals surface area contributed by atoms with Crippen LogP contribution in [-0.2, 0) is 9.53 Å². The van der Waals surface area contributed by atoms with Crippen molar-refractivity contribution in [1.82, 2.24) is 0 Å². The molecule has 0 aromatic carbocycles. The van der Waals surface area contributed by atoms with Gasteiger partial charge in [-0.15, -0.1) is 0 Å². The van der Waals surface area contributed by atoms with Crippen LogP contribution < -0.4 is 0 Å². The van der Waals surface area contributed by atoms with Gasteiger partial charge in [0.15, 0.2) is 0 Å². The van der Waals surface area contributed by atoms with E-state index < -0.39 is 0 Å². The molecule has 0 radical (unpaired) electrons. The molecule has 0 heterocycles. The lowest BCUT2D eigenvalue weighted by Crippen LogP contribution is -1.79. The molecular formula is C7H12O2. The number of rotatable bonds is 4. The minimum absolute atomic E-state index is 0.430. The Morgan fingerprint density at radius 1 is 1.67 bits per heavy atom. The fourth-order valence-electron chi connectivity index (χ4n) is 0.597. The first-order chi connectivity index (χ1) is 4.31. The van der Waals surface area contributed by atoms with E-state index >= 15 is 0 Å². The molecule has 0 saturated heterocycles. The zero-order valence-corrected chi connectivity index (χ0v) is 5.89. The second-order valence-electron chi connectivity index (χ2n) is 1.95. The maximum Gasteiger partial charge on any atom is 0.297 e. The largest absolute Gasteiger partial charge is 0.437 e. The minimum atomic E-state index is 0.430. The van der Waals surface area contributed by atoms with Gasteiger partial charge in [0.05, 0.1) is 6.26 Å². The van der Waals surface area contributed by atoms with E-state index in [-0.39, 0.29) is 0 Å². The summed E-state index contributed by atoms with van der Waals surface area (Å²) in [5.41, 5.74) is 1.10. The molecule has 0 atom stereocenters. The van der Waals surface area contributed by atoms with Crippen molar-refractivity contribution >= 4 is 6.47 Å². The van der Waals surface area contributed by atoms with E-state index in [1.54, 1.807) is 0 Å². The molecule has 0 aliphatic carbocycles. The topological polar surface area (TPSA) is 26.3 Å². The lowest BCUT2D eigenvalue weighted by atomic mass is 10.2. The minimum Gasteiger partial charge on any atom is -0.437 e. The normalized spacial score (nSPS) is 11.1. The Morgan fingerprint density at radius 2 is 2.33 bits per heavy atom. The van der Waals surface area contributed by atoms with E-state index in [2.05, 4.69) is 11.7 Å². The molecule has 0 aromatic rings. The molecule has 0 fully saturated rings. The van der Waals surface area contributed by atoms with Gasteiger partial charge in [-0.3, -0.25) is 4.79 Å². The van der Waals surface area contributed by atoms with E-state index in [1.807, 2.05) is 6.92 Å². The molecule has 0 N–H and O–H groups in total. The maximum absolute atomic E-state index is 9.65. The summed E-state index contributed by atoms with van der Waals surface area (Å²) < 4.78 is 4.41. The van der Waals surface area contributed by atoms with Crippen LogP contribution in [0.5, 0.6) is 0 Å². The summed E-state index contributed by atoms with van der Waals surface area (Å²) in [7, 11) is 0. The Kier molecular flexibility index (Phi) is 4.88. The average molecular weight is 128 g/mol. The van der Waals surface area contributed by atoms with Crippen LogP contribution in [0, 0.1) is 0 Å². The number of carbonyl (C=O) groups excluding carboxylic acids is 1. The highest BCUT2D eigenvalue weighted by Crippen LogP contribution is 2.01. The molecule has 0 unspecified atom stereocenters. The lowest BCUT2D eigenvalue weighted by molar-refractivity contribution is -0.123. The highest BCUT2D eigenvalue weighted by Gasteiger charge is 1.84. The smallest absolute Gasteiger partial charge is 0.297 e. The summed E-state index contributed by atoms with van der Waals surface area (Å²) >= 11 is 0. The van der Waals surface area contributed by atoms with Gasteiger partial charge in [0, 0.05) is 0 Å². The van der Waals surface area contributed by atoms with Crippen molar-refractivity contribution in [3.63, 3.8) is 0 Å². The molecular weight excluding hydrogens is 116 g/mol. The predicted molar refractivity (Wildman–Crippen MR) is 35.8 cm³/mol. The second-order valence-corrected chi connectivity index (χ2v) is 1.95. The third-order valence-electron chi connectivity index (χ3n) is 0.969. The Balaban J connectivity index is 3.42. The number of carbonyl (C=O) groups is 1. The van der Waals surface area contributed by atoms with E-state index in [0.29, 0.717) is 6.47 Å². The van der Waals surface area contributed by atoms with Crippen molar-refractivity contribution in [3.05, 3.63) is 11.8 Å². The van der Waals surface area contributed by atoms with E-state index in [9.17, 15) is 4.79 Å². The quantitative estimate of drug-likeness (QED) is 0.426. The van der Waals surface area contributed by atoms with Gasteiger partial charge in [-0.1, -0.05) is 13.3 Å². The maximum atomic E-state index is 9.65. The third-order valence-corrected chi connectivity index (χ3v) is 0.969. The molecule has 0 rings (SSSR count). The molecule has 52 valence electrons. The highest BCUT2D eigenvalue weighted by molar-refractivity contribution is 5.38. The molecule has 0 bridgehead atoms. The number of hydrogen-bond acceptors (Lipinski definition) is 2.